The molecule has 1 aliphatic rings. The van der Waals surface area contributed by atoms with Crippen LogP contribution in [0.3, 0.4) is 0 Å². The van der Waals surface area contributed by atoms with Crippen LogP contribution in [0.4, 0.5) is 0 Å². The van der Waals surface area contributed by atoms with E-state index in [-0.39, 0.29) is 12.5 Å². The van der Waals surface area contributed by atoms with Gasteiger partial charge in [-0.05, 0) is 50.2 Å². The lowest BCUT2D eigenvalue weighted by Gasteiger charge is -2.34. The highest BCUT2D eigenvalue weighted by Crippen LogP contribution is 2.27. The summed E-state index contributed by atoms with van der Waals surface area (Å²) in [5, 5.41) is 9.16. The first kappa shape index (κ1) is 14.1. The third-order valence-corrected chi connectivity index (χ3v) is 4.32. The van der Waals surface area contributed by atoms with Gasteiger partial charge in [0.05, 0.1) is 0 Å². The van der Waals surface area contributed by atoms with Crippen LogP contribution in [0.25, 0.3) is 0 Å². The van der Waals surface area contributed by atoms with Crippen molar-refractivity contribution in [2.24, 2.45) is 5.92 Å². The maximum atomic E-state index is 12.5. The number of benzene rings is 1. The Labute approximate surface area is 115 Å². The number of carbonyl (C=O) groups is 1. The van der Waals surface area contributed by atoms with Crippen molar-refractivity contribution in [3.05, 3.63) is 35.4 Å². The number of hydrogen-bond acceptors (Lipinski definition) is 2. The van der Waals surface area contributed by atoms with Crippen molar-refractivity contribution in [3.8, 4) is 0 Å². The largest absolute Gasteiger partial charge is 0.396 e. The quantitative estimate of drug-likeness (QED) is 0.908. The van der Waals surface area contributed by atoms with E-state index in [2.05, 4.69) is 0 Å². The smallest absolute Gasteiger partial charge is 0.254 e. The molecule has 0 saturated heterocycles. The lowest BCUT2D eigenvalue weighted by molar-refractivity contribution is 0.0652. The number of carbonyl (C=O) groups excluding carboxylic acids is 1. The van der Waals surface area contributed by atoms with Crippen molar-refractivity contribution in [3.63, 3.8) is 0 Å². The van der Waals surface area contributed by atoms with Crippen molar-refractivity contribution in [1.82, 2.24) is 4.90 Å². The Kier molecular flexibility index (Phi) is 4.59. The van der Waals surface area contributed by atoms with Crippen LogP contribution in [-0.4, -0.2) is 35.6 Å². The molecule has 2 rings (SSSR count). The third-order valence-electron chi connectivity index (χ3n) is 4.32. The Morgan fingerprint density at radius 3 is 2.47 bits per heavy atom. The summed E-state index contributed by atoms with van der Waals surface area (Å²) in [6.45, 7) is 2.26. The van der Waals surface area contributed by atoms with Crippen molar-refractivity contribution < 1.29 is 9.90 Å². The maximum Gasteiger partial charge on any atom is 0.254 e. The van der Waals surface area contributed by atoms with Crippen LogP contribution in [0.1, 0.15) is 41.6 Å². The zero-order chi connectivity index (χ0) is 13.8. The van der Waals surface area contributed by atoms with Gasteiger partial charge in [-0.2, -0.15) is 0 Å². The van der Waals surface area contributed by atoms with Gasteiger partial charge in [-0.15, -0.1) is 0 Å². The molecular weight excluding hydrogens is 238 g/mol. The first-order valence-electron chi connectivity index (χ1n) is 7.07. The van der Waals surface area contributed by atoms with Crippen LogP contribution in [0, 0.1) is 12.8 Å². The fourth-order valence-corrected chi connectivity index (χ4v) is 2.88. The average Bonchev–Trinajstić information content (AvgIpc) is 2.46. The van der Waals surface area contributed by atoms with Gasteiger partial charge in [0.1, 0.15) is 0 Å². The molecule has 0 radical (unpaired) electrons. The first-order valence-corrected chi connectivity index (χ1v) is 7.07. The van der Waals surface area contributed by atoms with Crippen LogP contribution < -0.4 is 0 Å². The van der Waals surface area contributed by atoms with Crippen LogP contribution in [-0.2, 0) is 0 Å². The fourth-order valence-electron chi connectivity index (χ4n) is 2.88. The minimum Gasteiger partial charge on any atom is -0.396 e. The Bertz CT molecular complexity index is 436. The van der Waals surface area contributed by atoms with E-state index in [1.807, 2.05) is 43.1 Å². The molecule has 1 amide bonds. The van der Waals surface area contributed by atoms with Crippen LogP contribution >= 0.6 is 0 Å². The predicted molar refractivity (Wildman–Crippen MR) is 76.1 cm³/mol. The number of amides is 1. The monoisotopic (exact) mass is 261 g/mol. The maximum absolute atomic E-state index is 12.5. The number of aliphatic hydroxyl groups excluding tert-OH is 1. The van der Waals surface area contributed by atoms with E-state index in [4.69, 9.17) is 5.11 Å². The summed E-state index contributed by atoms with van der Waals surface area (Å²) < 4.78 is 0. The van der Waals surface area contributed by atoms with E-state index in [1.165, 1.54) is 0 Å². The second kappa shape index (κ2) is 6.20. The number of rotatable bonds is 3. The minimum atomic E-state index is 0.116. The van der Waals surface area contributed by atoms with Gasteiger partial charge in [-0.3, -0.25) is 4.79 Å². The van der Waals surface area contributed by atoms with Gasteiger partial charge in [0.15, 0.2) is 0 Å². The summed E-state index contributed by atoms with van der Waals surface area (Å²) >= 11 is 0. The highest BCUT2D eigenvalue weighted by molar-refractivity contribution is 5.95. The van der Waals surface area contributed by atoms with Gasteiger partial charge in [-0.1, -0.05) is 18.2 Å². The highest BCUT2D eigenvalue weighted by Gasteiger charge is 2.27. The predicted octanol–water partition coefficient (Wildman–Crippen LogP) is 2.62. The first-order chi connectivity index (χ1) is 9.13. The molecule has 19 heavy (non-hydrogen) atoms. The van der Waals surface area contributed by atoms with Crippen LogP contribution in [0.5, 0.6) is 0 Å². The number of hydrogen-bond donors (Lipinski definition) is 1. The molecule has 0 unspecified atom stereocenters. The van der Waals surface area contributed by atoms with E-state index >= 15 is 0 Å². The van der Waals surface area contributed by atoms with Crippen molar-refractivity contribution >= 4 is 5.91 Å². The molecule has 1 aromatic rings. The Balaban J connectivity index is 2.02. The van der Waals surface area contributed by atoms with E-state index in [1.54, 1.807) is 0 Å². The number of aliphatic hydroxyl groups is 1. The Morgan fingerprint density at radius 2 is 1.89 bits per heavy atom. The molecule has 1 aromatic carbocycles. The summed E-state index contributed by atoms with van der Waals surface area (Å²) in [4.78, 5) is 14.4. The second-order valence-corrected chi connectivity index (χ2v) is 5.59. The molecule has 1 fully saturated rings. The molecule has 0 heterocycles. The summed E-state index contributed by atoms with van der Waals surface area (Å²) in [6, 6.07) is 8.06. The Morgan fingerprint density at radius 1 is 1.26 bits per heavy atom. The molecule has 1 N–H and O–H groups in total. The van der Waals surface area contributed by atoms with Crippen LogP contribution in [0.2, 0.25) is 0 Å². The topological polar surface area (TPSA) is 40.5 Å². The molecule has 0 spiro atoms. The lowest BCUT2D eigenvalue weighted by Crippen LogP contribution is -2.40. The van der Waals surface area contributed by atoms with Crippen molar-refractivity contribution in [2.75, 3.05) is 13.7 Å². The second-order valence-electron chi connectivity index (χ2n) is 5.59. The van der Waals surface area contributed by atoms with E-state index in [0.717, 1.165) is 36.8 Å². The molecule has 104 valence electrons. The zero-order valence-electron chi connectivity index (χ0n) is 11.8. The van der Waals surface area contributed by atoms with Gasteiger partial charge >= 0.3 is 0 Å². The molecular formula is C16H23NO2. The van der Waals surface area contributed by atoms with Crippen molar-refractivity contribution in [2.45, 2.75) is 38.6 Å². The molecule has 0 aromatic heterocycles. The van der Waals surface area contributed by atoms with Gasteiger partial charge in [-0.25, -0.2) is 0 Å². The summed E-state index contributed by atoms with van der Waals surface area (Å²) in [6.07, 6.45) is 4.04. The molecule has 1 saturated carbocycles. The normalized spacial score (nSPS) is 23.1. The lowest BCUT2D eigenvalue weighted by atomic mass is 9.86. The van der Waals surface area contributed by atoms with Gasteiger partial charge in [0.25, 0.3) is 5.91 Å². The van der Waals surface area contributed by atoms with E-state index in [0.29, 0.717) is 12.0 Å². The molecule has 0 aliphatic heterocycles. The molecule has 3 nitrogen and oxygen atoms in total. The zero-order valence-corrected chi connectivity index (χ0v) is 11.8. The van der Waals surface area contributed by atoms with Gasteiger partial charge in [0, 0.05) is 25.3 Å². The van der Waals surface area contributed by atoms with Crippen molar-refractivity contribution in [1.29, 1.82) is 0 Å². The van der Waals surface area contributed by atoms with Gasteiger partial charge < -0.3 is 10.0 Å². The van der Waals surface area contributed by atoms with Crippen LogP contribution in [0.15, 0.2) is 24.3 Å². The Hall–Kier alpha value is -1.35. The minimum absolute atomic E-state index is 0.116. The molecule has 1 aliphatic carbocycles. The standard InChI is InChI=1S/C16H23NO2/c1-12-5-3-4-6-15(12)16(19)17(2)14-9-7-13(11-18)8-10-14/h3-6,13-14,18H,7-11H2,1-2H3. The molecule has 3 heteroatoms. The summed E-state index contributed by atoms with van der Waals surface area (Å²) in [5.41, 5.74) is 1.83. The SMILES string of the molecule is Cc1ccccc1C(=O)N(C)C1CCC(CO)CC1. The number of aryl methyl sites for hydroxylation is 1. The molecule has 0 atom stereocenters. The fraction of sp³-hybridized carbons (Fsp3) is 0.562. The third kappa shape index (κ3) is 3.16. The van der Waals surface area contributed by atoms with E-state index < -0.39 is 0 Å². The highest BCUT2D eigenvalue weighted by atomic mass is 16.3. The average molecular weight is 261 g/mol. The summed E-state index contributed by atoms with van der Waals surface area (Å²) in [5.74, 6) is 0.545. The van der Waals surface area contributed by atoms with E-state index in [9.17, 15) is 4.79 Å². The van der Waals surface area contributed by atoms with Gasteiger partial charge in [0.2, 0.25) is 0 Å². The number of nitrogens with zero attached hydrogens (tertiary/aromatic N) is 1. The molecule has 0 bridgehead atoms. The summed E-state index contributed by atoms with van der Waals surface area (Å²) in [7, 11) is 1.90.